The Morgan fingerprint density at radius 3 is 2.47 bits per heavy atom. The molecule has 0 spiro atoms. The van der Waals surface area contributed by atoms with Gasteiger partial charge in [0.2, 0.25) is 5.91 Å². The van der Waals surface area contributed by atoms with Crippen molar-refractivity contribution in [1.29, 1.82) is 0 Å². The molecule has 0 unspecified atom stereocenters. The minimum Gasteiger partial charge on any atom is -0.481 e. The number of hydrogen-bond donors (Lipinski definition) is 2. The molecule has 0 rings (SSSR count). The average molecular weight is 214 g/mol. The van der Waals surface area contributed by atoms with Crippen molar-refractivity contribution in [2.24, 2.45) is 4.99 Å². The van der Waals surface area contributed by atoms with Crippen LogP contribution in [0.15, 0.2) is 4.99 Å². The first-order valence-electron chi connectivity index (χ1n) is 4.49. The molecule has 0 heterocycles. The summed E-state index contributed by atoms with van der Waals surface area (Å²) in [5, 5.41) is 10.7. The lowest BCUT2D eigenvalue weighted by molar-refractivity contribution is -0.137. The van der Waals surface area contributed by atoms with Crippen molar-refractivity contribution in [2.45, 2.75) is 32.2 Å². The molecule has 1 atom stereocenters. The van der Waals surface area contributed by atoms with Gasteiger partial charge in [-0.2, -0.15) is 0 Å². The Bertz CT molecular complexity index is 275. The molecule has 2 N–H and O–H groups in total. The number of carbonyl (C=O) groups excluding carboxylic acids is 2. The third-order valence-electron chi connectivity index (χ3n) is 1.70. The molecule has 0 aliphatic rings. The summed E-state index contributed by atoms with van der Waals surface area (Å²) in [6, 6.07) is -0.708. The molecule has 84 valence electrons. The summed E-state index contributed by atoms with van der Waals surface area (Å²) < 4.78 is 0. The fourth-order valence-electron chi connectivity index (χ4n) is 0.912. The van der Waals surface area contributed by atoms with Gasteiger partial charge in [-0.3, -0.25) is 14.4 Å². The molecule has 0 aliphatic heterocycles. The molecular formula is C9H14N2O4. The van der Waals surface area contributed by atoms with Crippen molar-refractivity contribution < 1.29 is 19.5 Å². The predicted octanol–water partition coefficient (Wildman–Crippen LogP) is -0.0268. The number of nitrogens with one attached hydrogen (secondary N) is 1. The molecule has 0 aromatic heterocycles. The Morgan fingerprint density at radius 1 is 1.40 bits per heavy atom. The number of nitrogens with zero attached hydrogens (tertiary/aromatic N) is 1. The molecular weight excluding hydrogens is 200 g/mol. The Kier molecular flexibility index (Phi) is 5.92. The summed E-state index contributed by atoms with van der Waals surface area (Å²) in [7, 11) is 0. The molecule has 0 aromatic rings. The number of aliphatic imine (C=N–C) groups is 1. The third kappa shape index (κ3) is 6.36. The van der Waals surface area contributed by atoms with Gasteiger partial charge in [-0.05, 0) is 20.1 Å². The molecule has 6 heteroatoms. The van der Waals surface area contributed by atoms with Crippen LogP contribution in [0.4, 0.5) is 0 Å². The third-order valence-corrected chi connectivity index (χ3v) is 1.70. The minimum atomic E-state index is -0.945. The highest BCUT2D eigenvalue weighted by Gasteiger charge is 2.13. The van der Waals surface area contributed by atoms with E-state index in [-0.39, 0.29) is 25.2 Å². The molecule has 0 radical (unpaired) electrons. The zero-order valence-corrected chi connectivity index (χ0v) is 8.52. The molecule has 0 fully saturated rings. The Morgan fingerprint density at radius 2 is 2.00 bits per heavy atom. The van der Waals surface area contributed by atoms with Gasteiger partial charge in [0.05, 0.1) is 0 Å². The van der Waals surface area contributed by atoms with E-state index in [1.165, 1.54) is 6.92 Å². The number of hydrogen-bond acceptors (Lipinski definition) is 3. The molecule has 0 saturated heterocycles. The van der Waals surface area contributed by atoms with Gasteiger partial charge in [0.25, 0.3) is 5.91 Å². The van der Waals surface area contributed by atoms with E-state index in [1.807, 2.05) is 0 Å². The van der Waals surface area contributed by atoms with Crippen molar-refractivity contribution in [1.82, 2.24) is 5.32 Å². The fourth-order valence-corrected chi connectivity index (χ4v) is 0.912. The van der Waals surface area contributed by atoms with Gasteiger partial charge in [-0.1, -0.05) is 0 Å². The lowest BCUT2D eigenvalue weighted by atomic mass is 10.2. The van der Waals surface area contributed by atoms with Gasteiger partial charge in [0.1, 0.15) is 6.04 Å². The summed E-state index contributed by atoms with van der Waals surface area (Å²) in [6.45, 7) is 4.54. The zero-order chi connectivity index (χ0) is 11.8. The summed E-state index contributed by atoms with van der Waals surface area (Å²) in [4.78, 5) is 35.3. The molecule has 15 heavy (non-hydrogen) atoms. The highest BCUT2D eigenvalue weighted by Crippen LogP contribution is 1.96. The fraction of sp³-hybridized carbons (Fsp3) is 0.556. The molecule has 6 nitrogen and oxygen atoms in total. The summed E-state index contributed by atoms with van der Waals surface area (Å²) in [5.74, 6) is -1.82. The normalized spacial score (nSPS) is 11.5. The second-order valence-corrected chi connectivity index (χ2v) is 3.03. The Labute approximate surface area is 87.4 Å². The molecule has 0 aromatic carbocycles. The zero-order valence-electron chi connectivity index (χ0n) is 8.52. The van der Waals surface area contributed by atoms with E-state index in [0.717, 1.165) is 0 Å². The van der Waals surface area contributed by atoms with Crippen LogP contribution in [-0.4, -0.2) is 35.6 Å². The van der Waals surface area contributed by atoms with Crippen molar-refractivity contribution in [3.05, 3.63) is 0 Å². The van der Waals surface area contributed by atoms with Crippen molar-refractivity contribution >= 4 is 24.5 Å². The Hall–Kier alpha value is -1.72. The van der Waals surface area contributed by atoms with Crippen LogP contribution in [-0.2, 0) is 14.4 Å². The number of carboxylic acid groups (broad SMARTS) is 1. The van der Waals surface area contributed by atoms with Crippen LogP contribution >= 0.6 is 0 Å². The topological polar surface area (TPSA) is 95.8 Å². The van der Waals surface area contributed by atoms with Crippen LogP contribution in [0, 0.1) is 0 Å². The van der Waals surface area contributed by atoms with Crippen LogP contribution in [0.1, 0.15) is 26.2 Å². The maximum atomic E-state index is 11.1. The summed E-state index contributed by atoms with van der Waals surface area (Å²) in [5.41, 5.74) is 0. The van der Waals surface area contributed by atoms with Gasteiger partial charge in [-0.15, -0.1) is 0 Å². The first kappa shape index (κ1) is 13.3. The number of aliphatic carboxylic acids is 1. The van der Waals surface area contributed by atoms with Crippen molar-refractivity contribution in [3.8, 4) is 0 Å². The largest absolute Gasteiger partial charge is 0.481 e. The van der Waals surface area contributed by atoms with E-state index < -0.39 is 17.9 Å². The first-order chi connectivity index (χ1) is 6.97. The number of carbonyl (C=O) groups is 3. The van der Waals surface area contributed by atoms with Gasteiger partial charge in [0, 0.05) is 12.8 Å². The maximum Gasteiger partial charge on any atom is 0.303 e. The molecule has 2 amide bonds. The molecule has 0 aliphatic carbocycles. The average Bonchev–Trinajstić information content (AvgIpc) is 2.15. The maximum absolute atomic E-state index is 11.1. The summed E-state index contributed by atoms with van der Waals surface area (Å²) >= 11 is 0. The van der Waals surface area contributed by atoms with Crippen molar-refractivity contribution in [2.75, 3.05) is 0 Å². The van der Waals surface area contributed by atoms with Gasteiger partial charge < -0.3 is 10.4 Å². The quantitative estimate of drug-likeness (QED) is 0.607. The van der Waals surface area contributed by atoms with E-state index >= 15 is 0 Å². The van der Waals surface area contributed by atoms with E-state index in [4.69, 9.17) is 5.11 Å². The van der Waals surface area contributed by atoms with Gasteiger partial charge in [0.15, 0.2) is 0 Å². The van der Waals surface area contributed by atoms with Crippen LogP contribution in [0.25, 0.3) is 0 Å². The minimum absolute atomic E-state index is 0.0601. The lowest BCUT2D eigenvalue weighted by Crippen LogP contribution is -2.37. The van der Waals surface area contributed by atoms with Crippen LogP contribution in [0.5, 0.6) is 0 Å². The van der Waals surface area contributed by atoms with Gasteiger partial charge in [-0.25, -0.2) is 4.99 Å². The number of carboxylic acids is 1. The van der Waals surface area contributed by atoms with E-state index in [0.29, 0.717) is 0 Å². The van der Waals surface area contributed by atoms with Crippen LogP contribution in [0.2, 0.25) is 0 Å². The van der Waals surface area contributed by atoms with Crippen LogP contribution in [0.3, 0.4) is 0 Å². The smallest absolute Gasteiger partial charge is 0.303 e. The molecule has 0 saturated carbocycles. The predicted molar refractivity (Wildman–Crippen MR) is 53.6 cm³/mol. The second-order valence-electron chi connectivity index (χ2n) is 3.03. The van der Waals surface area contributed by atoms with E-state index in [9.17, 15) is 14.4 Å². The lowest BCUT2D eigenvalue weighted by Gasteiger charge is -2.09. The highest BCUT2D eigenvalue weighted by atomic mass is 16.4. The van der Waals surface area contributed by atoms with Crippen LogP contribution < -0.4 is 5.32 Å². The standard InChI is InChI=1S/C9H14N2O4/c1-6(9(15)10-2)11-7(12)4-3-5-8(13)14/h6H,2-5H2,1H3,(H,11,12)(H,13,14)/t6-/m0/s1. The highest BCUT2D eigenvalue weighted by molar-refractivity contribution is 5.89. The van der Waals surface area contributed by atoms with Gasteiger partial charge >= 0.3 is 5.97 Å². The number of amides is 2. The Balaban J connectivity index is 3.78. The molecule has 0 bridgehead atoms. The monoisotopic (exact) mass is 214 g/mol. The van der Waals surface area contributed by atoms with Crippen molar-refractivity contribution in [3.63, 3.8) is 0 Å². The second kappa shape index (κ2) is 6.69. The SMILES string of the molecule is C=NC(=O)[C@H](C)NC(=O)CCCC(=O)O. The van der Waals surface area contributed by atoms with E-state index in [2.05, 4.69) is 17.0 Å². The first-order valence-corrected chi connectivity index (χ1v) is 4.49. The summed E-state index contributed by atoms with van der Waals surface area (Å²) in [6.07, 6.45) is 0.278. The number of rotatable bonds is 6. The van der Waals surface area contributed by atoms with E-state index in [1.54, 1.807) is 0 Å².